The molecule has 0 bridgehead atoms. The normalized spacial score (nSPS) is 10.8. The summed E-state index contributed by atoms with van der Waals surface area (Å²) in [6.07, 6.45) is 1.22. The van der Waals surface area contributed by atoms with Crippen LogP contribution < -0.4 is 0 Å². The highest BCUT2D eigenvalue weighted by atomic mass is 19.2. The van der Waals surface area contributed by atoms with Gasteiger partial charge >= 0.3 is 0 Å². The van der Waals surface area contributed by atoms with Crippen LogP contribution in [0.4, 0.5) is 22.0 Å². The highest BCUT2D eigenvalue weighted by molar-refractivity contribution is 5.61. The molecule has 94 valence electrons. The van der Waals surface area contributed by atoms with Gasteiger partial charge in [0.1, 0.15) is 0 Å². The van der Waals surface area contributed by atoms with E-state index < -0.39 is 34.6 Å². The molecule has 0 aliphatic carbocycles. The smallest absolute Gasteiger partial charge is 0.200 e. The maximum Gasteiger partial charge on any atom is 0.200 e. The van der Waals surface area contributed by atoms with Gasteiger partial charge in [-0.3, -0.25) is 4.98 Å². The molecule has 6 heteroatoms. The third kappa shape index (κ3) is 1.83. The minimum atomic E-state index is -2.18. The first kappa shape index (κ1) is 12.5. The lowest BCUT2D eigenvalue weighted by molar-refractivity contribution is 0.381. The Kier molecular flexibility index (Phi) is 3.02. The monoisotopic (exact) mass is 259 g/mol. The highest BCUT2D eigenvalue weighted by Crippen LogP contribution is 2.30. The van der Waals surface area contributed by atoms with Crippen molar-refractivity contribution in [2.75, 3.05) is 0 Å². The van der Waals surface area contributed by atoms with Crippen molar-refractivity contribution in [2.24, 2.45) is 0 Å². The van der Waals surface area contributed by atoms with Crippen molar-refractivity contribution in [3.8, 4) is 11.3 Å². The first-order valence-corrected chi connectivity index (χ1v) is 4.88. The molecular weight excluding hydrogens is 253 g/mol. The molecule has 0 aliphatic rings. The third-order valence-electron chi connectivity index (χ3n) is 2.38. The second kappa shape index (κ2) is 4.36. The van der Waals surface area contributed by atoms with Crippen molar-refractivity contribution in [3.63, 3.8) is 0 Å². The van der Waals surface area contributed by atoms with E-state index in [2.05, 4.69) is 4.98 Å². The number of pyridine rings is 1. The van der Waals surface area contributed by atoms with E-state index >= 15 is 0 Å². The second-order valence-electron chi connectivity index (χ2n) is 3.66. The van der Waals surface area contributed by atoms with E-state index in [0.717, 1.165) is 0 Å². The minimum absolute atomic E-state index is 0.303. The first-order valence-electron chi connectivity index (χ1n) is 4.88. The van der Waals surface area contributed by atoms with Gasteiger partial charge in [-0.15, -0.1) is 0 Å². The molecule has 0 saturated heterocycles. The van der Waals surface area contributed by atoms with Gasteiger partial charge in [0.15, 0.2) is 23.3 Å². The van der Waals surface area contributed by atoms with Gasteiger partial charge in [-0.05, 0) is 24.6 Å². The summed E-state index contributed by atoms with van der Waals surface area (Å²) < 4.78 is 65.8. The molecule has 0 radical (unpaired) electrons. The van der Waals surface area contributed by atoms with Crippen molar-refractivity contribution >= 4 is 0 Å². The highest BCUT2D eigenvalue weighted by Gasteiger charge is 2.27. The Balaban J connectivity index is 2.80. The number of halogens is 5. The van der Waals surface area contributed by atoms with Gasteiger partial charge in [-0.2, -0.15) is 0 Å². The molecule has 1 heterocycles. The number of aryl methyl sites for hydroxylation is 1. The molecule has 2 aromatic rings. The summed E-state index contributed by atoms with van der Waals surface area (Å²) in [6, 6.07) is 2.77. The van der Waals surface area contributed by atoms with Crippen molar-refractivity contribution < 1.29 is 22.0 Å². The van der Waals surface area contributed by atoms with Crippen LogP contribution >= 0.6 is 0 Å². The van der Waals surface area contributed by atoms with Crippen molar-refractivity contribution in [1.29, 1.82) is 0 Å². The molecule has 0 saturated carbocycles. The molecular formula is C12H6F5N. The van der Waals surface area contributed by atoms with E-state index in [9.17, 15) is 22.0 Å². The van der Waals surface area contributed by atoms with E-state index in [-0.39, 0.29) is 5.69 Å². The summed E-state index contributed by atoms with van der Waals surface area (Å²) in [5.41, 5.74) is -0.734. The SMILES string of the molecule is Cc1ccnc(-c2c(F)c(F)c(F)c(F)c2F)c1. The molecule has 1 aromatic carbocycles. The zero-order valence-corrected chi connectivity index (χ0v) is 9.07. The molecule has 0 atom stereocenters. The van der Waals surface area contributed by atoms with Crippen molar-refractivity contribution in [1.82, 2.24) is 4.98 Å². The molecule has 0 fully saturated rings. The predicted molar refractivity (Wildman–Crippen MR) is 54.2 cm³/mol. The number of nitrogens with zero attached hydrogens (tertiary/aromatic N) is 1. The Morgan fingerprint density at radius 2 is 1.33 bits per heavy atom. The molecule has 0 spiro atoms. The first-order chi connectivity index (χ1) is 8.43. The van der Waals surface area contributed by atoms with E-state index in [1.54, 1.807) is 6.92 Å². The van der Waals surface area contributed by atoms with Crippen LogP contribution in [-0.2, 0) is 0 Å². The Bertz CT molecular complexity index is 595. The fourth-order valence-corrected chi connectivity index (χ4v) is 1.50. The van der Waals surface area contributed by atoms with Crippen LogP contribution in [0.3, 0.4) is 0 Å². The molecule has 0 aliphatic heterocycles. The van der Waals surface area contributed by atoms with Crippen LogP contribution in [0.25, 0.3) is 11.3 Å². The minimum Gasteiger partial charge on any atom is -0.256 e. The number of aromatic nitrogens is 1. The number of rotatable bonds is 1. The Labute approximate surface area is 98.9 Å². The van der Waals surface area contributed by atoms with Crippen LogP contribution in [0.2, 0.25) is 0 Å². The summed E-state index contributed by atoms with van der Waals surface area (Å²) >= 11 is 0. The molecule has 0 amide bonds. The van der Waals surface area contributed by atoms with Crippen LogP contribution in [0.15, 0.2) is 18.3 Å². The fraction of sp³-hybridized carbons (Fsp3) is 0.0833. The molecule has 0 N–H and O–H groups in total. The standard InChI is InChI=1S/C12H6F5N/c1-5-2-3-18-6(4-5)7-8(13)10(15)12(17)11(16)9(7)14/h2-4H,1H3. The molecule has 1 aromatic heterocycles. The van der Waals surface area contributed by atoms with Crippen molar-refractivity contribution in [3.05, 3.63) is 53.0 Å². The topological polar surface area (TPSA) is 12.9 Å². The fourth-order valence-electron chi connectivity index (χ4n) is 1.50. The lowest BCUT2D eigenvalue weighted by atomic mass is 10.1. The number of benzene rings is 1. The van der Waals surface area contributed by atoms with E-state index in [0.29, 0.717) is 5.56 Å². The quantitative estimate of drug-likeness (QED) is 0.432. The van der Waals surface area contributed by atoms with Gasteiger partial charge in [0.2, 0.25) is 5.82 Å². The molecule has 0 unspecified atom stereocenters. The van der Waals surface area contributed by atoms with E-state index in [4.69, 9.17) is 0 Å². The van der Waals surface area contributed by atoms with Gasteiger partial charge in [0.25, 0.3) is 0 Å². The lowest BCUT2D eigenvalue weighted by Crippen LogP contribution is -2.04. The van der Waals surface area contributed by atoms with Gasteiger partial charge in [0.05, 0.1) is 11.3 Å². The summed E-state index contributed by atoms with van der Waals surface area (Å²) in [5, 5.41) is 0. The summed E-state index contributed by atoms with van der Waals surface area (Å²) in [6.45, 7) is 1.61. The van der Waals surface area contributed by atoms with Crippen LogP contribution in [-0.4, -0.2) is 4.98 Å². The van der Waals surface area contributed by atoms with Gasteiger partial charge < -0.3 is 0 Å². The summed E-state index contributed by atoms with van der Waals surface area (Å²) in [4.78, 5) is 3.61. The van der Waals surface area contributed by atoms with Crippen LogP contribution in [0.1, 0.15) is 5.56 Å². The average molecular weight is 259 g/mol. The largest absolute Gasteiger partial charge is 0.256 e. The molecule has 18 heavy (non-hydrogen) atoms. The van der Waals surface area contributed by atoms with E-state index in [1.165, 1.54) is 18.3 Å². The number of hydrogen-bond donors (Lipinski definition) is 0. The van der Waals surface area contributed by atoms with Crippen LogP contribution in [0, 0.1) is 36.0 Å². The average Bonchev–Trinajstić information content (AvgIpc) is 2.34. The third-order valence-corrected chi connectivity index (χ3v) is 2.38. The number of hydrogen-bond acceptors (Lipinski definition) is 1. The Hall–Kier alpha value is -1.98. The van der Waals surface area contributed by atoms with Gasteiger partial charge in [0, 0.05) is 6.20 Å². The Morgan fingerprint density at radius 1 is 0.833 bits per heavy atom. The zero-order chi connectivity index (χ0) is 13.4. The van der Waals surface area contributed by atoms with Gasteiger partial charge in [-0.1, -0.05) is 0 Å². The molecule has 2 rings (SSSR count). The maximum atomic E-state index is 13.5. The summed E-state index contributed by atoms with van der Waals surface area (Å²) in [7, 11) is 0. The lowest BCUT2D eigenvalue weighted by Gasteiger charge is -2.07. The second-order valence-corrected chi connectivity index (χ2v) is 3.66. The van der Waals surface area contributed by atoms with Gasteiger partial charge in [-0.25, -0.2) is 22.0 Å². The predicted octanol–water partition coefficient (Wildman–Crippen LogP) is 3.75. The molecule has 1 nitrogen and oxygen atoms in total. The zero-order valence-electron chi connectivity index (χ0n) is 9.07. The van der Waals surface area contributed by atoms with E-state index in [1.807, 2.05) is 0 Å². The van der Waals surface area contributed by atoms with Crippen LogP contribution in [0.5, 0.6) is 0 Å². The Morgan fingerprint density at radius 3 is 1.83 bits per heavy atom. The maximum absolute atomic E-state index is 13.5. The van der Waals surface area contributed by atoms with Crippen molar-refractivity contribution in [2.45, 2.75) is 6.92 Å². The summed E-state index contributed by atoms with van der Waals surface area (Å²) in [5.74, 6) is -9.91.